The lowest BCUT2D eigenvalue weighted by Gasteiger charge is -2.18. The van der Waals surface area contributed by atoms with Crippen LogP contribution < -0.4 is 10.6 Å². The highest BCUT2D eigenvalue weighted by Crippen LogP contribution is 2.31. The molecule has 0 aliphatic carbocycles. The number of hydrogen-bond donors (Lipinski definition) is 2. The number of carbonyl (C=O) groups excluding carboxylic acids is 2. The maximum Gasteiger partial charge on any atom is 0.321 e. The van der Waals surface area contributed by atoms with Crippen molar-refractivity contribution in [2.45, 2.75) is 13.8 Å². The van der Waals surface area contributed by atoms with Crippen molar-refractivity contribution in [3.63, 3.8) is 0 Å². The molecule has 150 valence electrons. The first-order chi connectivity index (χ1) is 13.8. The van der Waals surface area contributed by atoms with Gasteiger partial charge in [0.05, 0.1) is 27.5 Å². The third-order valence-corrected chi connectivity index (χ3v) is 5.07. The predicted octanol–water partition coefficient (Wildman–Crippen LogP) is 4.98. The third-order valence-electron chi connectivity index (χ3n) is 4.47. The highest BCUT2D eigenvalue weighted by molar-refractivity contribution is 6.39. The van der Waals surface area contributed by atoms with Crippen molar-refractivity contribution in [3.8, 4) is 0 Å². The number of urea groups is 1. The van der Waals surface area contributed by atoms with E-state index in [0.717, 1.165) is 5.56 Å². The quantitative estimate of drug-likeness (QED) is 0.570. The average Bonchev–Trinajstić information content (AvgIpc) is 2.69. The number of anilines is 2. The number of amides is 3. The molecular formula is C20H19Cl2N5O2. The summed E-state index contributed by atoms with van der Waals surface area (Å²) in [6, 6.07) is 6.57. The minimum atomic E-state index is -0.501. The summed E-state index contributed by atoms with van der Waals surface area (Å²) >= 11 is 12.1. The van der Waals surface area contributed by atoms with Gasteiger partial charge in [-0.2, -0.15) is 0 Å². The van der Waals surface area contributed by atoms with Gasteiger partial charge in [-0.1, -0.05) is 35.3 Å². The Labute approximate surface area is 178 Å². The number of halogens is 2. The molecule has 0 aliphatic heterocycles. The first-order valence-electron chi connectivity index (χ1n) is 8.85. The fourth-order valence-electron chi connectivity index (χ4n) is 2.74. The molecule has 0 unspecified atom stereocenters. The van der Waals surface area contributed by atoms with Crippen LogP contribution in [0, 0.1) is 6.92 Å². The molecule has 29 heavy (non-hydrogen) atoms. The second-order valence-electron chi connectivity index (χ2n) is 6.37. The van der Waals surface area contributed by atoms with Gasteiger partial charge in [-0.25, -0.2) is 9.78 Å². The molecule has 2 aromatic heterocycles. The molecule has 9 heteroatoms. The van der Waals surface area contributed by atoms with Gasteiger partial charge in [0.15, 0.2) is 0 Å². The van der Waals surface area contributed by atoms with Crippen LogP contribution in [-0.2, 0) is 0 Å². The van der Waals surface area contributed by atoms with Gasteiger partial charge in [0.2, 0.25) is 0 Å². The summed E-state index contributed by atoms with van der Waals surface area (Å²) in [6.07, 6.45) is 3.07. The first kappa shape index (κ1) is 20.8. The van der Waals surface area contributed by atoms with Crippen LogP contribution in [-0.4, -0.2) is 40.4 Å². The van der Waals surface area contributed by atoms with Crippen molar-refractivity contribution in [1.29, 1.82) is 0 Å². The number of carbonyl (C=O) groups is 2. The van der Waals surface area contributed by atoms with Crippen LogP contribution in [0.3, 0.4) is 0 Å². The zero-order valence-electron chi connectivity index (χ0n) is 16.1. The van der Waals surface area contributed by atoms with Crippen LogP contribution >= 0.6 is 23.2 Å². The molecule has 0 fully saturated rings. The summed E-state index contributed by atoms with van der Waals surface area (Å²) in [5, 5.41) is 6.60. The van der Waals surface area contributed by atoms with Gasteiger partial charge in [0, 0.05) is 31.4 Å². The van der Waals surface area contributed by atoms with Crippen LogP contribution in [0.15, 0.2) is 36.7 Å². The monoisotopic (exact) mass is 431 g/mol. The largest absolute Gasteiger partial charge is 0.328 e. The van der Waals surface area contributed by atoms with E-state index in [1.54, 1.807) is 30.3 Å². The molecule has 0 atom stereocenters. The van der Waals surface area contributed by atoms with E-state index >= 15 is 0 Å². The van der Waals surface area contributed by atoms with E-state index in [-0.39, 0.29) is 21.8 Å². The fraction of sp³-hybridized carbons (Fsp3) is 0.200. The van der Waals surface area contributed by atoms with Gasteiger partial charge in [-0.3, -0.25) is 9.78 Å². The number of para-hydroxylation sites is 1. The van der Waals surface area contributed by atoms with Crippen molar-refractivity contribution < 1.29 is 9.59 Å². The fourth-order valence-corrected chi connectivity index (χ4v) is 3.26. The molecule has 1 aromatic carbocycles. The number of nitrogens with one attached hydrogen (secondary N) is 2. The van der Waals surface area contributed by atoms with Crippen LogP contribution in [0.4, 0.5) is 16.2 Å². The topological polar surface area (TPSA) is 87.2 Å². The molecule has 2 heterocycles. The molecule has 0 spiro atoms. The number of aryl methyl sites for hydroxylation is 1. The Morgan fingerprint density at radius 2 is 1.90 bits per heavy atom. The lowest BCUT2D eigenvalue weighted by atomic mass is 10.1. The maximum absolute atomic E-state index is 12.7. The smallest absolute Gasteiger partial charge is 0.321 e. The highest BCUT2D eigenvalue weighted by atomic mass is 35.5. The molecule has 0 aliphatic rings. The predicted molar refractivity (Wildman–Crippen MR) is 116 cm³/mol. The van der Waals surface area contributed by atoms with Crippen molar-refractivity contribution >= 4 is 57.4 Å². The SMILES string of the molecule is CCN(C)C(=O)Nc1c(C)cnc2c(NC(=O)c3c(Cl)ccnc3Cl)cccc12. The summed E-state index contributed by atoms with van der Waals surface area (Å²) in [5.41, 5.74) is 2.50. The minimum Gasteiger partial charge on any atom is -0.328 e. The summed E-state index contributed by atoms with van der Waals surface area (Å²) in [7, 11) is 1.71. The summed E-state index contributed by atoms with van der Waals surface area (Å²) in [6.45, 7) is 4.32. The Kier molecular flexibility index (Phi) is 6.20. The van der Waals surface area contributed by atoms with Crippen LogP contribution in [0.1, 0.15) is 22.8 Å². The summed E-state index contributed by atoms with van der Waals surface area (Å²) < 4.78 is 0. The lowest BCUT2D eigenvalue weighted by molar-refractivity contribution is 0.102. The number of nitrogens with zero attached hydrogens (tertiary/aromatic N) is 3. The minimum absolute atomic E-state index is 0.00888. The van der Waals surface area contributed by atoms with Crippen molar-refractivity contribution in [2.75, 3.05) is 24.2 Å². The zero-order valence-corrected chi connectivity index (χ0v) is 17.6. The van der Waals surface area contributed by atoms with E-state index in [0.29, 0.717) is 28.8 Å². The second kappa shape index (κ2) is 8.63. The van der Waals surface area contributed by atoms with Gasteiger partial charge in [-0.15, -0.1) is 0 Å². The van der Waals surface area contributed by atoms with E-state index in [4.69, 9.17) is 23.2 Å². The van der Waals surface area contributed by atoms with Gasteiger partial charge in [0.1, 0.15) is 5.15 Å². The number of hydrogen-bond acceptors (Lipinski definition) is 4. The summed E-state index contributed by atoms with van der Waals surface area (Å²) in [4.78, 5) is 35.0. The van der Waals surface area contributed by atoms with E-state index in [1.165, 1.54) is 12.3 Å². The van der Waals surface area contributed by atoms with Gasteiger partial charge in [0.25, 0.3) is 5.91 Å². The molecule has 0 bridgehead atoms. The average molecular weight is 432 g/mol. The number of fused-ring (bicyclic) bond motifs is 1. The standard InChI is InChI=1S/C20H19Cl2N5O2/c1-4-27(3)20(29)26-16-11(2)10-24-17-12(16)6-5-7-14(17)25-19(28)15-13(21)8-9-23-18(15)22/h5-10H,4H2,1-3H3,(H,25,28)(H,24,26,29). The van der Waals surface area contributed by atoms with E-state index in [9.17, 15) is 9.59 Å². The second-order valence-corrected chi connectivity index (χ2v) is 7.14. The molecule has 2 N–H and O–H groups in total. The number of rotatable bonds is 4. The molecule has 3 amide bonds. The van der Waals surface area contributed by atoms with E-state index < -0.39 is 5.91 Å². The summed E-state index contributed by atoms with van der Waals surface area (Å²) in [5.74, 6) is -0.501. The maximum atomic E-state index is 12.7. The molecular weight excluding hydrogens is 413 g/mol. The Balaban J connectivity index is 2.01. The van der Waals surface area contributed by atoms with Crippen LogP contribution in [0.25, 0.3) is 10.9 Å². The Morgan fingerprint density at radius 3 is 2.59 bits per heavy atom. The molecule has 3 aromatic rings. The van der Waals surface area contributed by atoms with Gasteiger partial charge in [-0.05, 0) is 31.5 Å². The Hall–Kier alpha value is -2.90. The number of benzene rings is 1. The molecule has 7 nitrogen and oxygen atoms in total. The molecule has 0 saturated heterocycles. The third kappa shape index (κ3) is 4.26. The van der Waals surface area contributed by atoms with Crippen molar-refractivity contribution in [2.24, 2.45) is 0 Å². The van der Waals surface area contributed by atoms with Gasteiger partial charge < -0.3 is 15.5 Å². The van der Waals surface area contributed by atoms with Crippen molar-refractivity contribution in [3.05, 3.63) is 58.0 Å². The molecule has 3 rings (SSSR count). The van der Waals surface area contributed by atoms with E-state index in [1.807, 2.05) is 19.9 Å². The first-order valence-corrected chi connectivity index (χ1v) is 9.60. The number of pyridine rings is 2. The normalized spacial score (nSPS) is 10.7. The van der Waals surface area contributed by atoms with Crippen LogP contribution in [0.2, 0.25) is 10.2 Å². The molecule has 0 saturated carbocycles. The zero-order chi connectivity index (χ0) is 21.1. The Bertz CT molecular complexity index is 1080. The lowest BCUT2D eigenvalue weighted by Crippen LogP contribution is -2.31. The van der Waals surface area contributed by atoms with Crippen LogP contribution in [0.5, 0.6) is 0 Å². The highest BCUT2D eigenvalue weighted by Gasteiger charge is 2.18. The van der Waals surface area contributed by atoms with Gasteiger partial charge >= 0.3 is 6.03 Å². The van der Waals surface area contributed by atoms with Crippen molar-refractivity contribution in [1.82, 2.24) is 14.9 Å². The number of aromatic nitrogens is 2. The Morgan fingerprint density at radius 1 is 1.14 bits per heavy atom. The van der Waals surface area contributed by atoms with E-state index in [2.05, 4.69) is 20.6 Å². The molecule has 0 radical (unpaired) electrons.